The molecule has 0 radical (unpaired) electrons. The number of carbonyl (C=O) groups excluding carboxylic acids is 1. The Hall–Kier alpha value is -3.06. The van der Waals surface area contributed by atoms with Gasteiger partial charge in [0.1, 0.15) is 22.2 Å². The van der Waals surface area contributed by atoms with Crippen molar-refractivity contribution in [2.24, 2.45) is 0 Å². The molecule has 1 aliphatic rings. The number of Topliss-reactive ketones (excluding diaryl/α,β-unsaturated/α-hetero) is 1. The fourth-order valence-electron chi connectivity index (χ4n) is 3.70. The van der Waals surface area contributed by atoms with Crippen molar-refractivity contribution in [3.05, 3.63) is 56.5 Å². The number of methoxy groups -OCH3 is 1. The van der Waals surface area contributed by atoms with Gasteiger partial charge >= 0.3 is 5.69 Å². The number of nitrogens with two attached hydrogens (primary N) is 1. The predicted molar refractivity (Wildman–Crippen MR) is 128 cm³/mol. The van der Waals surface area contributed by atoms with E-state index < -0.39 is 17.0 Å². The third-order valence-electron chi connectivity index (χ3n) is 5.46. The third-order valence-corrected chi connectivity index (χ3v) is 6.45. The van der Waals surface area contributed by atoms with E-state index in [0.29, 0.717) is 30.6 Å². The molecular weight excluding hydrogens is 460 g/mol. The zero-order chi connectivity index (χ0) is 24.1. The number of ketones is 1. The van der Waals surface area contributed by atoms with E-state index in [1.807, 2.05) is 24.3 Å². The lowest BCUT2D eigenvalue weighted by atomic mass is 10.2. The van der Waals surface area contributed by atoms with Crippen LogP contribution in [0.2, 0.25) is 0 Å². The molecule has 34 heavy (non-hydrogen) atoms. The molecule has 0 saturated carbocycles. The lowest BCUT2D eigenvalue weighted by molar-refractivity contribution is 0.0330. The summed E-state index contributed by atoms with van der Waals surface area (Å²) in [6.45, 7) is 3.85. The number of nitrogens with one attached hydrogen (secondary N) is 1. The molecule has 3 N–H and O–H groups in total. The summed E-state index contributed by atoms with van der Waals surface area (Å²) >= 11 is 1.21. The SMILES string of the molecule is COCCn1c(N)c(C(=O)CSc2nc(CN3CCOCC3)nc3ccccc23)c(=O)[nH]c1=O. The number of hydrogen-bond acceptors (Lipinski definition) is 10. The van der Waals surface area contributed by atoms with Gasteiger partial charge < -0.3 is 15.2 Å². The standard InChI is InChI=1S/C22H26N6O5S/c1-32-9-8-28-19(23)18(20(30)26-22(28)31)16(29)13-34-21-14-4-2-3-5-15(14)24-17(25-21)12-27-6-10-33-11-7-27/h2-5H,6-13,23H2,1H3,(H,26,30,31). The maximum absolute atomic E-state index is 13.0. The number of H-pyrrole nitrogens is 1. The van der Waals surface area contributed by atoms with Gasteiger partial charge in [-0.3, -0.25) is 24.0 Å². The van der Waals surface area contributed by atoms with E-state index in [-0.39, 0.29) is 30.3 Å². The first-order valence-electron chi connectivity index (χ1n) is 10.8. The number of carbonyl (C=O) groups is 1. The van der Waals surface area contributed by atoms with Crippen LogP contribution >= 0.6 is 11.8 Å². The smallest absolute Gasteiger partial charge is 0.330 e. The van der Waals surface area contributed by atoms with Crippen LogP contribution in [0.25, 0.3) is 10.9 Å². The second-order valence-electron chi connectivity index (χ2n) is 7.73. The normalized spacial score (nSPS) is 14.5. The number of ether oxygens (including phenoxy) is 2. The van der Waals surface area contributed by atoms with Gasteiger partial charge in [-0.15, -0.1) is 0 Å². The number of benzene rings is 1. The highest BCUT2D eigenvalue weighted by molar-refractivity contribution is 8.00. The zero-order valence-electron chi connectivity index (χ0n) is 18.8. The van der Waals surface area contributed by atoms with Gasteiger partial charge in [0.2, 0.25) is 0 Å². The number of fused-ring (bicyclic) bond motifs is 1. The molecule has 1 aromatic carbocycles. The number of thioether (sulfide) groups is 1. The Labute approximate surface area is 199 Å². The second kappa shape index (κ2) is 10.9. The van der Waals surface area contributed by atoms with Crippen molar-refractivity contribution in [2.75, 3.05) is 51.5 Å². The average molecular weight is 487 g/mol. The Morgan fingerprint density at radius 2 is 2.00 bits per heavy atom. The molecule has 12 heteroatoms. The van der Waals surface area contributed by atoms with E-state index >= 15 is 0 Å². The fourth-order valence-corrected chi connectivity index (χ4v) is 4.61. The van der Waals surface area contributed by atoms with Crippen LogP contribution in [0.1, 0.15) is 16.2 Å². The summed E-state index contributed by atoms with van der Waals surface area (Å²) in [4.78, 5) is 51.2. The van der Waals surface area contributed by atoms with Crippen molar-refractivity contribution in [2.45, 2.75) is 18.1 Å². The van der Waals surface area contributed by atoms with Crippen LogP contribution in [0.15, 0.2) is 38.9 Å². The number of morpholine rings is 1. The molecule has 0 unspecified atom stereocenters. The summed E-state index contributed by atoms with van der Waals surface area (Å²) in [7, 11) is 1.48. The van der Waals surface area contributed by atoms with Crippen LogP contribution in [0.3, 0.4) is 0 Å². The molecule has 1 fully saturated rings. The van der Waals surface area contributed by atoms with E-state index in [2.05, 4.69) is 14.9 Å². The quantitative estimate of drug-likeness (QED) is 0.249. The van der Waals surface area contributed by atoms with Crippen LogP contribution < -0.4 is 17.0 Å². The molecule has 3 heterocycles. The van der Waals surface area contributed by atoms with Crippen molar-refractivity contribution < 1.29 is 14.3 Å². The number of aromatic amines is 1. The van der Waals surface area contributed by atoms with Crippen molar-refractivity contribution in [1.82, 2.24) is 24.4 Å². The molecule has 11 nitrogen and oxygen atoms in total. The summed E-state index contributed by atoms with van der Waals surface area (Å²) in [5.41, 5.74) is 5.08. The minimum atomic E-state index is -0.803. The molecule has 1 aliphatic heterocycles. The monoisotopic (exact) mass is 486 g/mol. The Kier molecular flexibility index (Phi) is 7.73. The summed E-state index contributed by atoms with van der Waals surface area (Å²) in [6, 6.07) is 7.58. The van der Waals surface area contributed by atoms with E-state index in [1.54, 1.807) is 0 Å². The van der Waals surface area contributed by atoms with Gasteiger partial charge in [-0.2, -0.15) is 0 Å². The molecule has 180 valence electrons. The van der Waals surface area contributed by atoms with Crippen molar-refractivity contribution in [1.29, 1.82) is 0 Å². The number of nitrogen functional groups attached to an aromatic ring is 1. The van der Waals surface area contributed by atoms with Crippen molar-refractivity contribution in [3.63, 3.8) is 0 Å². The molecule has 2 aromatic heterocycles. The highest BCUT2D eigenvalue weighted by atomic mass is 32.2. The number of hydrogen-bond donors (Lipinski definition) is 2. The Morgan fingerprint density at radius 1 is 1.24 bits per heavy atom. The molecule has 0 spiro atoms. The second-order valence-corrected chi connectivity index (χ2v) is 8.69. The molecule has 4 rings (SSSR count). The Bertz CT molecular complexity index is 1300. The van der Waals surface area contributed by atoms with E-state index in [4.69, 9.17) is 20.2 Å². The van der Waals surface area contributed by atoms with Crippen molar-refractivity contribution in [3.8, 4) is 0 Å². The highest BCUT2D eigenvalue weighted by Crippen LogP contribution is 2.26. The van der Waals surface area contributed by atoms with Gasteiger partial charge in [-0.05, 0) is 6.07 Å². The first-order valence-corrected chi connectivity index (χ1v) is 11.8. The predicted octanol–water partition coefficient (Wildman–Crippen LogP) is 0.516. The van der Waals surface area contributed by atoms with Crippen LogP contribution in [0.4, 0.5) is 5.82 Å². The Morgan fingerprint density at radius 3 is 2.76 bits per heavy atom. The van der Waals surface area contributed by atoms with E-state index in [0.717, 1.165) is 28.6 Å². The topological polar surface area (TPSA) is 145 Å². The zero-order valence-corrected chi connectivity index (χ0v) is 19.6. The third kappa shape index (κ3) is 5.36. The molecule has 1 saturated heterocycles. The summed E-state index contributed by atoms with van der Waals surface area (Å²) < 4.78 is 11.5. The van der Waals surface area contributed by atoms with Crippen LogP contribution in [0.5, 0.6) is 0 Å². The van der Waals surface area contributed by atoms with Gasteiger partial charge in [0, 0.05) is 25.6 Å². The van der Waals surface area contributed by atoms with E-state index in [1.165, 1.54) is 18.9 Å². The number of para-hydroxylation sites is 1. The van der Waals surface area contributed by atoms with Crippen molar-refractivity contribution >= 4 is 34.3 Å². The van der Waals surface area contributed by atoms with Gasteiger partial charge in [0.25, 0.3) is 5.56 Å². The first-order chi connectivity index (χ1) is 16.5. The maximum atomic E-state index is 13.0. The van der Waals surface area contributed by atoms with Gasteiger partial charge in [-0.1, -0.05) is 30.0 Å². The summed E-state index contributed by atoms with van der Waals surface area (Å²) in [5, 5.41) is 1.46. The van der Waals surface area contributed by atoms with Crippen LogP contribution in [0, 0.1) is 0 Å². The summed E-state index contributed by atoms with van der Waals surface area (Å²) in [5.74, 6) is -0.0846. The first kappa shape index (κ1) is 24.1. The van der Waals surface area contributed by atoms with Crippen LogP contribution in [-0.4, -0.2) is 76.0 Å². The number of aromatic nitrogens is 4. The lowest BCUT2D eigenvalue weighted by Crippen LogP contribution is -2.37. The largest absolute Gasteiger partial charge is 0.384 e. The molecule has 0 aliphatic carbocycles. The molecule has 0 bridgehead atoms. The molecule has 0 atom stereocenters. The maximum Gasteiger partial charge on any atom is 0.330 e. The number of anilines is 1. The van der Waals surface area contributed by atoms with Gasteiger partial charge in [0.05, 0.1) is 44.2 Å². The lowest BCUT2D eigenvalue weighted by Gasteiger charge is -2.25. The average Bonchev–Trinajstić information content (AvgIpc) is 2.83. The molecule has 0 amide bonds. The van der Waals surface area contributed by atoms with Crippen LogP contribution in [-0.2, 0) is 22.6 Å². The molecule has 3 aromatic rings. The van der Waals surface area contributed by atoms with Gasteiger partial charge in [-0.25, -0.2) is 14.8 Å². The number of rotatable bonds is 9. The minimum absolute atomic E-state index is 0.0756. The Balaban J connectivity index is 1.59. The number of nitrogens with zero attached hydrogens (tertiary/aromatic N) is 4. The summed E-state index contributed by atoms with van der Waals surface area (Å²) in [6.07, 6.45) is 0. The fraction of sp³-hybridized carbons (Fsp3) is 0.409. The molecular formula is C22H26N6O5S. The van der Waals surface area contributed by atoms with E-state index in [9.17, 15) is 14.4 Å². The highest BCUT2D eigenvalue weighted by Gasteiger charge is 2.21. The minimum Gasteiger partial charge on any atom is -0.384 e. The van der Waals surface area contributed by atoms with Gasteiger partial charge in [0.15, 0.2) is 5.78 Å².